The van der Waals surface area contributed by atoms with Crippen LogP contribution in [0.5, 0.6) is 0 Å². The Morgan fingerprint density at radius 1 is 1.12 bits per heavy atom. The van der Waals surface area contributed by atoms with Gasteiger partial charge >= 0.3 is 0 Å². The summed E-state index contributed by atoms with van der Waals surface area (Å²) in [5.41, 5.74) is 10.8. The summed E-state index contributed by atoms with van der Waals surface area (Å²) in [7, 11) is -1.62. The summed E-state index contributed by atoms with van der Waals surface area (Å²) in [6.07, 6.45) is 8.29. The zero-order chi connectivity index (χ0) is 29.0. The highest BCUT2D eigenvalue weighted by Crippen LogP contribution is 2.43. The number of aliphatic imine (C=N–C) groups is 1. The van der Waals surface area contributed by atoms with Crippen molar-refractivity contribution in [1.29, 1.82) is 0 Å². The van der Waals surface area contributed by atoms with E-state index < -0.39 is 8.07 Å². The molecule has 40 heavy (non-hydrogen) atoms. The standard InChI is InChI=1S/C35H47N4Si/c1-22(2)29-15-13-26-24(4)37-23(3)18-31-27(14-16-30(26)38-29)28-12-11-17-36-34(28)32-19-25(20-35(5,6)7)33(21-39(31)32)40(8,9)10/h11-13,15,17,19,21-22,27,31H,3,14,16,18,20H2,1-2,4-10H3/q+1/b37-24-. The number of rotatable bonds is 3. The van der Waals surface area contributed by atoms with Crippen LogP contribution in [0.1, 0.15) is 100 Å². The lowest BCUT2D eigenvalue weighted by Gasteiger charge is -2.33. The van der Waals surface area contributed by atoms with Crippen molar-refractivity contribution >= 4 is 19.0 Å². The maximum atomic E-state index is 5.16. The van der Waals surface area contributed by atoms with E-state index >= 15 is 0 Å². The Morgan fingerprint density at radius 2 is 1.88 bits per heavy atom. The van der Waals surface area contributed by atoms with Crippen LogP contribution in [0.3, 0.4) is 0 Å². The van der Waals surface area contributed by atoms with Crippen molar-refractivity contribution in [2.45, 2.75) is 105 Å². The fourth-order valence-electron chi connectivity index (χ4n) is 6.62. The van der Waals surface area contributed by atoms with Gasteiger partial charge < -0.3 is 0 Å². The molecular formula is C35H47N4Si+. The van der Waals surface area contributed by atoms with E-state index in [0.29, 0.717) is 11.8 Å². The summed E-state index contributed by atoms with van der Waals surface area (Å²) in [6.45, 7) is 25.5. The number of fused-ring (bicyclic) bond motifs is 7. The van der Waals surface area contributed by atoms with Gasteiger partial charge in [-0.15, -0.1) is 0 Å². The first-order chi connectivity index (χ1) is 18.7. The molecule has 0 bridgehead atoms. The van der Waals surface area contributed by atoms with Gasteiger partial charge in [-0.3, -0.25) is 9.98 Å². The molecule has 4 nitrogen and oxygen atoms in total. The van der Waals surface area contributed by atoms with Gasteiger partial charge in [0.15, 0.2) is 12.2 Å². The van der Waals surface area contributed by atoms with Crippen LogP contribution in [0.25, 0.3) is 11.4 Å². The van der Waals surface area contributed by atoms with Crippen LogP contribution in [-0.2, 0) is 12.8 Å². The van der Waals surface area contributed by atoms with Crippen molar-refractivity contribution in [3.05, 3.63) is 83.1 Å². The highest BCUT2D eigenvalue weighted by molar-refractivity contribution is 6.89. The normalized spacial score (nSPS) is 20.6. The van der Waals surface area contributed by atoms with E-state index in [1.807, 2.05) is 6.20 Å². The Morgan fingerprint density at radius 3 is 2.55 bits per heavy atom. The average Bonchev–Trinajstić information content (AvgIpc) is 2.86. The van der Waals surface area contributed by atoms with Crippen molar-refractivity contribution < 1.29 is 4.57 Å². The van der Waals surface area contributed by atoms with Crippen molar-refractivity contribution in [2.24, 2.45) is 10.4 Å². The molecule has 2 aliphatic heterocycles. The second kappa shape index (κ2) is 10.5. The summed E-state index contributed by atoms with van der Waals surface area (Å²) in [5, 5.41) is 1.56. The Balaban J connectivity index is 1.71. The summed E-state index contributed by atoms with van der Waals surface area (Å²) in [4.78, 5) is 15.3. The molecule has 0 saturated heterocycles. The van der Waals surface area contributed by atoms with Gasteiger partial charge in [-0.2, -0.15) is 4.57 Å². The minimum absolute atomic E-state index is 0.212. The molecule has 5 heteroatoms. The number of hydrogen-bond acceptors (Lipinski definition) is 3. The summed E-state index contributed by atoms with van der Waals surface area (Å²) >= 11 is 0. The minimum Gasteiger partial charge on any atom is -0.258 e. The zero-order valence-electron chi connectivity index (χ0n) is 26.1. The topological polar surface area (TPSA) is 42.0 Å². The van der Waals surface area contributed by atoms with Crippen molar-refractivity contribution in [3.63, 3.8) is 0 Å². The number of allylic oxidation sites excluding steroid dienone is 1. The van der Waals surface area contributed by atoms with E-state index in [9.17, 15) is 0 Å². The predicted octanol–water partition coefficient (Wildman–Crippen LogP) is 7.69. The second-order valence-corrected chi connectivity index (χ2v) is 19.5. The van der Waals surface area contributed by atoms with Crippen LogP contribution < -0.4 is 9.75 Å². The third kappa shape index (κ3) is 5.63. The van der Waals surface area contributed by atoms with Gasteiger partial charge in [0.1, 0.15) is 5.69 Å². The van der Waals surface area contributed by atoms with Gasteiger partial charge in [-0.25, -0.2) is 4.98 Å². The monoisotopic (exact) mass is 551 g/mol. The Hall–Kier alpha value is -2.92. The fraction of sp³-hybridized carbons (Fsp3) is 0.486. The molecular weight excluding hydrogens is 504 g/mol. The molecule has 210 valence electrons. The second-order valence-electron chi connectivity index (χ2n) is 14.5. The molecule has 0 aliphatic carbocycles. The molecule has 2 atom stereocenters. The molecule has 0 fully saturated rings. The number of nitrogens with zero attached hydrogens (tertiary/aromatic N) is 4. The van der Waals surface area contributed by atoms with E-state index in [-0.39, 0.29) is 11.5 Å². The number of aromatic nitrogens is 3. The fourth-order valence-corrected chi connectivity index (χ4v) is 8.27. The van der Waals surface area contributed by atoms with Crippen LogP contribution in [0, 0.1) is 5.41 Å². The smallest absolute Gasteiger partial charge is 0.231 e. The Kier molecular flexibility index (Phi) is 7.49. The lowest BCUT2D eigenvalue weighted by atomic mass is 9.79. The van der Waals surface area contributed by atoms with Crippen LogP contribution in [0.2, 0.25) is 19.6 Å². The average molecular weight is 552 g/mol. The van der Waals surface area contributed by atoms with Gasteiger partial charge in [-0.05, 0) is 66.8 Å². The molecule has 5 heterocycles. The Labute approximate surface area is 242 Å². The first kappa shape index (κ1) is 28.6. The van der Waals surface area contributed by atoms with Gasteiger partial charge in [0.2, 0.25) is 5.69 Å². The molecule has 3 aromatic heterocycles. The number of aryl methyl sites for hydroxylation is 1. The number of pyridine rings is 3. The number of hydrogen-bond donors (Lipinski definition) is 0. The van der Waals surface area contributed by atoms with E-state index in [4.69, 9.17) is 15.0 Å². The van der Waals surface area contributed by atoms with Crippen molar-refractivity contribution in [3.8, 4) is 11.4 Å². The maximum absolute atomic E-state index is 5.16. The SMILES string of the molecule is C=C1CC2C(CCc3nc(C(C)C)ccc3/C(C)=N\1)c1cccnc1-c1cc(CC(C)(C)C)c([Si](C)(C)C)c[n+]12. The third-order valence-electron chi connectivity index (χ3n) is 8.47. The lowest BCUT2D eigenvalue weighted by Crippen LogP contribution is -2.54. The van der Waals surface area contributed by atoms with Crippen LogP contribution in [0.4, 0.5) is 0 Å². The van der Waals surface area contributed by atoms with Crippen LogP contribution >= 0.6 is 0 Å². The molecule has 0 amide bonds. The molecule has 0 aromatic carbocycles. The molecule has 0 spiro atoms. The molecule has 2 aliphatic rings. The van der Waals surface area contributed by atoms with Gasteiger partial charge in [0.05, 0.1) is 14.5 Å². The van der Waals surface area contributed by atoms with Gasteiger partial charge in [-0.1, -0.05) is 66.9 Å². The third-order valence-corrected chi connectivity index (χ3v) is 10.5. The van der Waals surface area contributed by atoms with Gasteiger partial charge in [0.25, 0.3) is 0 Å². The zero-order valence-corrected chi connectivity index (χ0v) is 27.1. The first-order valence-corrected chi connectivity index (χ1v) is 18.5. The highest BCUT2D eigenvalue weighted by atomic mass is 28.3. The first-order valence-electron chi connectivity index (χ1n) is 15.0. The predicted molar refractivity (Wildman–Crippen MR) is 170 cm³/mol. The molecule has 0 radical (unpaired) electrons. The quantitative estimate of drug-likeness (QED) is 0.247. The lowest BCUT2D eigenvalue weighted by molar-refractivity contribution is -0.717. The summed E-state index contributed by atoms with van der Waals surface area (Å²) in [5.74, 6) is 0.705. The highest BCUT2D eigenvalue weighted by Gasteiger charge is 2.43. The molecule has 3 aromatic rings. The van der Waals surface area contributed by atoms with Crippen LogP contribution in [0.15, 0.2) is 60.0 Å². The van der Waals surface area contributed by atoms with Crippen molar-refractivity contribution in [2.75, 3.05) is 0 Å². The van der Waals surface area contributed by atoms with Gasteiger partial charge in [0, 0.05) is 51.7 Å². The van der Waals surface area contributed by atoms with E-state index in [2.05, 4.69) is 109 Å². The largest absolute Gasteiger partial charge is 0.258 e. The van der Waals surface area contributed by atoms with Crippen LogP contribution in [-0.4, -0.2) is 23.8 Å². The van der Waals surface area contributed by atoms with Crippen molar-refractivity contribution in [1.82, 2.24) is 9.97 Å². The summed E-state index contributed by atoms with van der Waals surface area (Å²) in [6, 6.07) is 11.5. The van der Waals surface area contributed by atoms with E-state index in [1.54, 1.807) is 5.19 Å². The maximum Gasteiger partial charge on any atom is 0.231 e. The summed E-state index contributed by atoms with van der Waals surface area (Å²) < 4.78 is 2.57. The minimum atomic E-state index is -1.62. The molecule has 5 rings (SSSR count). The molecule has 0 saturated carbocycles. The molecule has 2 unspecified atom stereocenters. The van der Waals surface area contributed by atoms with E-state index in [1.165, 1.54) is 16.8 Å². The van der Waals surface area contributed by atoms with E-state index in [0.717, 1.165) is 59.7 Å². The Bertz CT molecular complexity index is 1490. The molecule has 0 N–H and O–H groups in total.